The summed E-state index contributed by atoms with van der Waals surface area (Å²) in [5.74, 6) is 1.09. The Balaban J connectivity index is 1.70. The number of hydrogen-bond acceptors (Lipinski definition) is 3. The lowest BCUT2D eigenvalue weighted by molar-refractivity contribution is 0.229. The highest BCUT2D eigenvalue weighted by molar-refractivity contribution is 4.99. The third kappa shape index (κ3) is 4.52. The van der Waals surface area contributed by atoms with Gasteiger partial charge < -0.3 is 9.73 Å². The Hall–Kier alpha value is -0.800. The first-order valence-electron chi connectivity index (χ1n) is 6.75. The summed E-state index contributed by atoms with van der Waals surface area (Å²) in [4.78, 5) is 2.56. The van der Waals surface area contributed by atoms with Crippen molar-refractivity contribution in [3.63, 3.8) is 0 Å². The van der Waals surface area contributed by atoms with Crippen LogP contribution in [0.25, 0.3) is 0 Å². The molecule has 3 heteroatoms. The highest BCUT2D eigenvalue weighted by Crippen LogP contribution is 2.28. The smallest absolute Gasteiger partial charge is 0.117 e. The fraction of sp³-hybridized carbons (Fsp3) is 0.714. The third-order valence-electron chi connectivity index (χ3n) is 3.18. The van der Waals surface area contributed by atoms with Crippen molar-refractivity contribution in [2.24, 2.45) is 0 Å². The summed E-state index contributed by atoms with van der Waals surface area (Å²) in [7, 11) is 0. The van der Waals surface area contributed by atoms with Crippen LogP contribution in [0, 0.1) is 0 Å². The summed E-state index contributed by atoms with van der Waals surface area (Å²) in [5.41, 5.74) is 0. The summed E-state index contributed by atoms with van der Waals surface area (Å²) in [6.45, 7) is 7.65. The third-order valence-corrected chi connectivity index (χ3v) is 3.18. The molecule has 1 fully saturated rings. The lowest BCUT2D eigenvalue weighted by atomic mass is 10.3. The van der Waals surface area contributed by atoms with Crippen molar-refractivity contribution in [1.29, 1.82) is 0 Å². The molecule has 0 spiro atoms. The second-order valence-electron chi connectivity index (χ2n) is 5.24. The van der Waals surface area contributed by atoms with Crippen LogP contribution < -0.4 is 5.32 Å². The van der Waals surface area contributed by atoms with Crippen molar-refractivity contribution in [3.05, 3.63) is 24.2 Å². The minimum absolute atomic E-state index is 0.592. The van der Waals surface area contributed by atoms with Gasteiger partial charge in [0.1, 0.15) is 5.76 Å². The van der Waals surface area contributed by atoms with E-state index >= 15 is 0 Å². The van der Waals surface area contributed by atoms with Gasteiger partial charge in [-0.1, -0.05) is 13.8 Å². The van der Waals surface area contributed by atoms with Gasteiger partial charge in [0.2, 0.25) is 0 Å². The first-order chi connectivity index (χ1) is 8.25. The first kappa shape index (κ1) is 12.7. The maximum Gasteiger partial charge on any atom is 0.117 e. The van der Waals surface area contributed by atoms with Crippen LogP contribution in [-0.4, -0.2) is 30.1 Å². The maximum atomic E-state index is 5.43. The molecule has 1 saturated carbocycles. The molecule has 1 N–H and O–H groups in total. The number of furan rings is 1. The molecule has 1 heterocycles. The van der Waals surface area contributed by atoms with E-state index in [4.69, 9.17) is 4.42 Å². The van der Waals surface area contributed by atoms with Gasteiger partial charge >= 0.3 is 0 Å². The molecule has 96 valence electrons. The Morgan fingerprint density at radius 1 is 1.47 bits per heavy atom. The number of rotatable bonds is 8. The van der Waals surface area contributed by atoms with Crippen LogP contribution in [0.1, 0.15) is 38.9 Å². The minimum atomic E-state index is 0.592. The van der Waals surface area contributed by atoms with Crippen LogP contribution in [-0.2, 0) is 6.54 Å². The van der Waals surface area contributed by atoms with Crippen LogP contribution >= 0.6 is 0 Å². The minimum Gasteiger partial charge on any atom is -0.468 e. The van der Waals surface area contributed by atoms with Crippen LogP contribution in [0.15, 0.2) is 22.8 Å². The molecule has 17 heavy (non-hydrogen) atoms. The molecule has 0 saturated heterocycles. The second-order valence-corrected chi connectivity index (χ2v) is 5.24. The van der Waals surface area contributed by atoms with E-state index in [9.17, 15) is 0 Å². The molecular weight excluding hydrogens is 212 g/mol. The summed E-state index contributed by atoms with van der Waals surface area (Å²) in [6.07, 6.45) is 5.70. The zero-order chi connectivity index (χ0) is 12.1. The molecule has 0 bridgehead atoms. The average Bonchev–Trinajstić information content (AvgIpc) is 3.01. The van der Waals surface area contributed by atoms with E-state index in [1.165, 1.54) is 25.8 Å². The molecule has 0 radical (unpaired) electrons. The van der Waals surface area contributed by atoms with Gasteiger partial charge in [-0.3, -0.25) is 4.90 Å². The zero-order valence-electron chi connectivity index (χ0n) is 11.0. The second kappa shape index (κ2) is 6.22. The molecule has 1 aromatic rings. The van der Waals surface area contributed by atoms with E-state index in [1.54, 1.807) is 6.26 Å². The number of nitrogens with zero attached hydrogens (tertiary/aromatic N) is 1. The SMILES string of the molecule is CC(C)NCCCN(Cc1ccco1)C1CC1. The predicted octanol–water partition coefficient (Wildman–Crippen LogP) is 2.63. The van der Waals surface area contributed by atoms with Crippen LogP contribution in [0.4, 0.5) is 0 Å². The van der Waals surface area contributed by atoms with Crippen molar-refractivity contribution in [1.82, 2.24) is 10.2 Å². The largest absolute Gasteiger partial charge is 0.468 e. The standard InChI is InChI=1S/C14H24N2O/c1-12(2)15-8-4-9-16(13-6-7-13)11-14-5-3-10-17-14/h3,5,10,12-13,15H,4,6-9,11H2,1-2H3. The van der Waals surface area contributed by atoms with Gasteiger partial charge in [-0.15, -0.1) is 0 Å². The van der Waals surface area contributed by atoms with Gasteiger partial charge in [0.25, 0.3) is 0 Å². The van der Waals surface area contributed by atoms with Gasteiger partial charge in [0, 0.05) is 18.6 Å². The van der Waals surface area contributed by atoms with Gasteiger partial charge in [-0.2, -0.15) is 0 Å². The first-order valence-corrected chi connectivity index (χ1v) is 6.75. The van der Waals surface area contributed by atoms with Gasteiger partial charge in [0.15, 0.2) is 0 Å². The number of nitrogens with one attached hydrogen (secondary N) is 1. The molecule has 0 amide bonds. The van der Waals surface area contributed by atoms with E-state index in [-0.39, 0.29) is 0 Å². The summed E-state index contributed by atoms with van der Waals surface area (Å²) < 4.78 is 5.43. The van der Waals surface area contributed by atoms with Crippen molar-refractivity contribution >= 4 is 0 Å². The van der Waals surface area contributed by atoms with Crippen LogP contribution in [0.2, 0.25) is 0 Å². The quantitative estimate of drug-likeness (QED) is 0.703. The van der Waals surface area contributed by atoms with E-state index < -0.39 is 0 Å². The molecule has 0 unspecified atom stereocenters. The van der Waals surface area contributed by atoms with Crippen LogP contribution in [0.3, 0.4) is 0 Å². The van der Waals surface area contributed by atoms with Gasteiger partial charge in [-0.05, 0) is 37.9 Å². The summed E-state index contributed by atoms with van der Waals surface area (Å²) in [6, 6.07) is 5.44. The van der Waals surface area contributed by atoms with Crippen molar-refractivity contribution < 1.29 is 4.42 Å². The number of hydrogen-bond donors (Lipinski definition) is 1. The van der Waals surface area contributed by atoms with Crippen molar-refractivity contribution in [3.8, 4) is 0 Å². The lowest BCUT2D eigenvalue weighted by Crippen LogP contribution is -2.30. The molecular formula is C14H24N2O. The highest BCUT2D eigenvalue weighted by Gasteiger charge is 2.28. The topological polar surface area (TPSA) is 28.4 Å². The van der Waals surface area contributed by atoms with E-state index in [2.05, 4.69) is 30.1 Å². The van der Waals surface area contributed by atoms with Crippen molar-refractivity contribution in [2.45, 2.75) is 51.7 Å². The van der Waals surface area contributed by atoms with Crippen molar-refractivity contribution in [2.75, 3.05) is 13.1 Å². The Bertz CT molecular complexity index is 304. The Morgan fingerprint density at radius 3 is 2.88 bits per heavy atom. The van der Waals surface area contributed by atoms with E-state index in [1.807, 2.05) is 6.07 Å². The molecule has 1 aliphatic carbocycles. The van der Waals surface area contributed by atoms with E-state index in [0.717, 1.165) is 24.9 Å². The average molecular weight is 236 g/mol. The molecule has 1 aromatic heterocycles. The molecule has 1 aliphatic rings. The fourth-order valence-corrected chi connectivity index (χ4v) is 2.11. The summed E-state index contributed by atoms with van der Waals surface area (Å²) in [5, 5.41) is 3.47. The molecule has 0 atom stereocenters. The Kier molecular flexibility index (Phi) is 4.63. The molecule has 0 aromatic carbocycles. The molecule has 3 nitrogen and oxygen atoms in total. The van der Waals surface area contributed by atoms with Crippen LogP contribution in [0.5, 0.6) is 0 Å². The molecule has 2 rings (SSSR count). The van der Waals surface area contributed by atoms with Gasteiger partial charge in [-0.25, -0.2) is 0 Å². The maximum absolute atomic E-state index is 5.43. The monoisotopic (exact) mass is 236 g/mol. The molecule has 0 aliphatic heterocycles. The fourth-order valence-electron chi connectivity index (χ4n) is 2.11. The van der Waals surface area contributed by atoms with Gasteiger partial charge in [0.05, 0.1) is 12.8 Å². The Labute approximate surface area is 104 Å². The van der Waals surface area contributed by atoms with E-state index in [0.29, 0.717) is 6.04 Å². The summed E-state index contributed by atoms with van der Waals surface area (Å²) >= 11 is 0. The highest BCUT2D eigenvalue weighted by atomic mass is 16.3. The lowest BCUT2D eigenvalue weighted by Gasteiger charge is -2.21. The normalized spacial score (nSPS) is 16.0. The Morgan fingerprint density at radius 2 is 2.29 bits per heavy atom. The predicted molar refractivity (Wildman–Crippen MR) is 69.9 cm³/mol. The zero-order valence-corrected chi connectivity index (χ0v) is 11.0.